The largest absolute Gasteiger partial charge is 0.481 e. The molecule has 1 aromatic rings. The lowest BCUT2D eigenvalue weighted by Crippen LogP contribution is -2.15. The number of rotatable bonds is 20. The average Bonchev–Trinajstić information content (AvgIpc) is 2.78. The Kier molecular flexibility index (Phi) is 16.4. The number of aliphatic carboxylic acids is 1. The van der Waals surface area contributed by atoms with Crippen LogP contribution < -0.4 is 0 Å². The lowest BCUT2D eigenvalue weighted by Gasteiger charge is -2.17. The van der Waals surface area contributed by atoms with Gasteiger partial charge in [0.15, 0.2) is 0 Å². The highest BCUT2D eigenvalue weighted by Crippen LogP contribution is 2.17. The molecule has 0 aliphatic carbocycles. The van der Waals surface area contributed by atoms with E-state index in [1.807, 2.05) is 30.3 Å². The molecule has 2 unspecified atom stereocenters. The van der Waals surface area contributed by atoms with Crippen LogP contribution >= 0.6 is 0 Å². The van der Waals surface area contributed by atoms with Gasteiger partial charge in [-0.1, -0.05) is 88.6 Å². The molecule has 182 valence electrons. The lowest BCUT2D eigenvalue weighted by atomic mass is 10.0. The fourth-order valence-electron chi connectivity index (χ4n) is 3.95. The van der Waals surface area contributed by atoms with E-state index >= 15 is 0 Å². The van der Waals surface area contributed by atoms with Gasteiger partial charge in [0.25, 0.3) is 0 Å². The molecule has 32 heavy (non-hydrogen) atoms. The Bertz CT molecular complexity index is 601. The Morgan fingerprint density at radius 3 is 1.84 bits per heavy atom. The van der Waals surface area contributed by atoms with Crippen LogP contribution in [0, 0.1) is 0 Å². The number of ether oxygens (including phenoxy) is 2. The molecule has 1 N–H and O–H groups in total. The standard InChI is InChI=1S/C27H44O5/c1-3-25(32-23(2)28)18-14-9-7-5-4-6-8-10-15-19-26(20-21-27(29)30)31-22-24-16-12-11-13-17-24/h11-13,16-17,25-26H,3-10,14-15,18-22H2,1-2H3,(H,29,30). The first-order valence-electron chi connectivity index (χ1n) is 12.6. The Labute approximate surface area is 194 Å². The quantitative estimate of drug-likeness (QED) is 0.171. The highest BCUT2D eigenvalue weighted by molar-refractivity contribution is 5.66. The molecule has 0 aromatic heterocycles. The van der Waals surface area contributed by atoms with E-state index in [9.17, 15) is 9.59 Å². The van der Waals surface area contributed by atoms with E-state index in [1.54, 1.807) is 0 Å². The van der Waals surface area contributed by atoms with Crippen LogP contribution in [0.4, 0.5) is 0 Å². The summed E-state index contributed by atoms with van der Waals surface area (Å²) in [5, 5.41) is 8.99. The molecular weight excluding hydrogens is 404 g/mol. The molecule has 0 spiro atoms. The maximum Gasteiger partial charge on any atom is 0.303 e. The van der Waals surface area contributed by atoms with E-state index in [4.69, 9.17) is 14.6 Å². The Balaban J connectivity index is 2.05. The van der Waals surface area contributed by atoms with Gasteiger partial charge in [0.1, 0.15) is 6.10 Å². The van der Waals surface area contributed by atoms with Crippen molar-refractivity contribution in [2.24, 2.45) is 0 Å². The van der Waals surface area contributed by atoms with Crippen LogP contribution in [0.3, 0.4) is 0 Å². The van der Waals surface area contributed by atoms with Gasteiger partial charge in [0.2, 0.25) is 0 Å². The monoisotopic (exact) mass is 448 g/mol. The third kappa shape index (κ3) is 15.9. The second kappa shape index (κ2) is 18.7. The number of benzene rings is 1. The average molecular weight is 449 g/mol. The summed E-state index contributed by atoms with van der Waals surface area (Å²) < 4.78 is 11.3. The van der Waals surface area contributed by atoms with Crippen LogP contribution in [-0.2, 0) is 25.7 Å². The highest BCUT2D eigenvalue weighted by Gasteiger charge is 2.12. The molecule has 0 saturated heterocycles. The fourth-order valence-corrected chi connectivity index (χ4v) is 3.95. The summed E-state index contributed by atoms with van der Waals surface area (Å²) in [7, 11) is 0. The van der Waals surface area contributed by atoms with E-state index in [-0.39, 0.29) is 24.6 Å². The summed E-state index contributed by atoms with van der Waals surface area (Å²) in [6.07, 6.45) is 14.6. The van der Waals surface area contributed by atoms with E-state index in [0.29, 0.717) is 13.0 Å². The first-order valence-corrected chi connectivity index (χ1v) is 12.6. The molecule has 0 radical (unpaired) electrons. The Hall–Kier alpha value is -1.88. The molecule has 1 aromatic carbocycles. The zero-order chi connectivity index (χ0) is 23.4. The molecule has 5 heteroatoms. The second-order valence-electron chi connectivity index (χ2n) is 8.75. The number of unbranched alkanes of at least 4 members (excludes halogenated alkanes) is 8. The second-order valence-corrected chi connectivity index (χ2v) is 8.75. The number of carbonyl (C=O) groups is 2. The Morgan fingerprint density at radius 2 is 1.34 bits per heavy atom. The molecule has 2 atom stereocenters. The molecule has 0 fully saturated rings. The van der Waals surface area contributed by atoms with Crippen molar-refractivity contribution in [2.75, 3.05) is 0 Å². The normalized spacial score (nSPS) is 12.9. The summed E-state index contributed by atoms with van der Waals surface area (Å²) in [4.78, 5) is 22.0. The van der Waals surface area contributed by atoms with Gasteiger partial charge in [-0.3, -0.25) is 9.59 Å². The third-order valence-electron chi connectivity index (χ3n) is 5.85. The molecule has 1 rings (SSSR count). The lowest BCUT2D eigenvalue weighted by molar-refractivity contribution is -0.146. The summed E-state index contributed by atoms with van der Waals surface area (Å²) >= 11 is 0. The van der Waals surface area contributed by atoms with Crippen molar-refractivity contribution < 1.29 is 24.2 Å². The minimum Gasteiger partial charge on any atom is -0.481 e. The van der Waals surface area contributed by atoms with E-state index in [1.165, 1.54) is 51.9 Å². The Morgan fingerprint density at radius 1 is 0.812 bits per heavy atom. The predicted molar refractivity (Wildman–Crippen MR) is 129 cm³/mol. The van der Waals surface area contributed by atoms with Crippen LogP contribution in [0.2, 0.25) is 0 Å². The molecule has 0 aliphatic rings. The van der Waals surface area contributed by atoms with Gasteiger partial charge in [-0.25, -0.2) is 0 Å². The van der Waals surface area contributed by atoms with E-state index in [0.717, 1.165) is 37.7 Å². The van der Waals surface area contributed by atoms with Crippen LogP contribution in [0.15, 0.2) is 30.3 Å². The van der Waals surface area contributed by atoms with Gasteiger partial charge >= 0.3 is 11.9 Å². The van der Waals surface area contributed by atoms with Crippen LogP contribution in [0.25, 0.3) is 0 Å². The molecule has 5 nitrogen and oxygen atoms in total. The summed E-state index contributed by atoms with van der Waals surface area (Å²) in [5.74, 6) is -0.928. The molecule has 0 amide bonds. The van der Waals surface area contributed by atoms with Crippen LogP contribution in [0.1, 0.15) is 109 Å². The van der Waals surface area contributed by atoms with Crippen molar-refractivity contribution in [2.45, 2.75) is 123 Å². The third-order valence-corrected chi connectivity index (χ3v) is 5.85. The number of carbonyl (C=O) groups excluding carboxylic acids is 1. The molecule has 0 bridgehead atoms. The van der Waals surface area contributed by atoms with Crippen molar-refractivity contribution in [3.63, 3.8) is 0 Å². The van der Waals surface area contributed by atoms with Crippen LogP contribution in [0.5, 0.6) is 0 Å². The first kappa shape index (κ1) is 28.2. The van der Waals surface area contributed by atoms with Gasteiger partial charge in [-0.2, -0.15) is 0 Å². The highest BCUT2D eigenvalue weighted by atomic mass is 16.5. The van der Waals surface area contributed by atoms with E-state index in [2.05, 4.69) is 6.92 Å². The topological polar surface area (TPSA) is 72.8 Å². The van der Waals surface area contributed by atoms with Gasteiger partial charge in [-0.15, -0.1) is 0 Å². The number of hydrogen-bond donors (Lipinski definition) is 1. The smallest absolute Gasteiger partial charge is 0.303 e. The number of carboxylic acids is 1. The molecule has 0 aliphatic heterocycles. The summed E-state index contributed by atoms with van der Waals surface area (Å²) in [6, 6.07) is 10.1. The number of esters is 1. The maximum atomic E-state index is 11.0. The summed E-state index contributed by atoms with van der Waals surface area (Å²) in [5.41, 5.74) is 1.13. The molecule has 0 heterocycles. The van der Waals surface area contributed by atoms with E-state index < -0.39 is 5.97 Å². The minimum absolute atomic E-state index is 0.0187. The van der Waals surface area contributed by atoms with Gasteiger partial charge in [-0.05, 0) is 37.7 Å². The van der Waals surface area contributed by atoms with Crippen LogP contribution in [-0.4, -0.2) is 29.3 Å². The van der Waals surface area contributed by atoms with Crippen molar-refractivity contribution in [3.05, 3.63) is 35.9 Å². The SMILES string of the molecule is CCC(CCCCCCCCCCCC(CCC(=O)O)OCc1ccccc1)OC(C)=O. The fraction of sp³-hybridized carbons (Fsp3) is 0.704. The van der Waals surface area contributed by atoms with Gasteiger partial charge in [0.05, 0.1) is 12.7 Å². The van der Waals surface area contributed by atoms with Crippen molar-refractivity contribution in [1.29, 1.82) is 0 Å². The zero-order valence-electron chi connectivity index (χ0n) is 20.2. The zero-order valence-corrected chi connectivity index (χ0v) is 20.2. The van der Waals surface area contributed by atoms with Crippen molar-refractivity contribution in [1.82, 2.24) is 0 Å². The van der Waals surface area contributed by atoms with Crippen molar-refractivity contribution >= 4 is 11.9 Å². The minimum atomic E-state index is -0.755. The predicted octanol–water partition coefficient (Wildman–Crippen LogP) is 7.07. The first-order chi connectivity index (χ1) is 15.5. The van der Waals surface area contributed by atoms with Gasteiger partial charge in [0, 0.05) is 13.3 Å². The maximum absolute atomic E-state index is 11.0. The number of hydrogen-bond acceptors (Lipinski definition) is 4. The molecule has 0 saturated carbocycles. The van der Waals surface area contributed by atoms with Crippen molar-refractivity contribution in [3.8, 4) is 0 Å². The van der Waals surface area contributed by atoms with Gasteiger partial charge < -0.3 is 14.6 Å². The number of carboxylic acid groups (broad SMARTS) is 1. The molecular formula is C27H44O5. The summed E-state index contributed by atoms with van der Waals surface area (Å²) in [6.45, 7) is 4.10.